The minimum atomic E-state index is -0.244. The fraction of sp³-hybridized carbons (Fsp3) is 0.476. The molecular weight excluding hydrogens is 402 g/mol. The second-order valence-corrected chi connectivity index (χ2v) is 7.47. The van der Waals surface area contributed by atoms with Crippen LogP contribution >= 0.6 is 0 Å². The number of aryl methyl sites for hydroxylation is 1. The van der Waals surface area contributed by atoms with E-state index in [1.54, 1.807) is 46.9 Å². The van der Waals surface area contributed by atoms with Gasteiger partial charge in [-0.15, -0.1) is 0 Å². The predicted molar refractivity (Wildman–Crippen MR) is 113 cm³/mol. The number of urea groups is 1. The summed E-state index contributed by atoms with van der Waals surface area (Å²) in [5.74, 6) is 1.01. The lowest BCUT2D eigenvalue weighted by Gasteiger charge is -2.29. The fourth-order valence-corrected chi connectivity index (χ4v) is 3.97. The first kappa shape index (κ1) is 21.0. The Balaban J connectivity index is 1.50. The van der Waals surface area contributed by atoms with Gasteiger partial charge in [0, 0.05) is 56.1 Å². The monoisotopic (exact) mass is 429 g/mol. The molecule has 0 bridgehead atoms. The zero-order chi connectivity index (χ0) is 22.0. The van der Waals surface area contributed by atoms with Gasteiger partial charge in [0.15, 0.2) is 17.2 Å². The minimum absolute atomic E-state index is 0.109. The average molecular weight is 429 g/mol. The van der Waals surface area contributed by atoms with E-state index in [9.17, 15) is 9.59 Å². The third-order valence-electron chi connectivity index (χ3n) is 5.67. The average Bonchev–Trinajstić information content (AvgIpc) is 3.14. The first-order valence-electron chi connectivity index (χ1n) is 10.2. The first-order chi connectivity index (χ1) is 15.0. The Bertz CT molecular complexity index is 983. The molecule has 0 spiro atoms. The van der Waals surface area contributed by atoms with E-state index in [0.29, 0.717) is 68.7 Å². The van der Waals surface area contributed by atoms with Crippen LogP contribution in [0, 0.1) is 0 Å². The highest BCUT2D eigenvalue weighted by Crippen LogP contribution is 2.30. The summed E-state index contributed by atoms with van der Waals surface area (Å²) in [7, 11) is 4.95. The number of aromatic nitrogens is 2. The second kappa shape index (κ2) is 8.84. The van der Waals surface area contributed by atoms with Crippen LogP contribution in [-0.2, 0) is 24.8 Å². The van der Waals surface area contributed by atoms with Gasteiger partial charge >= 0.3 is 6.03 Å². The number of morpholine rings is 1. The molecule has 0 radical (unpaired) electrons. The summed E-state index contributed by atoms with van der Waals surface area (Å²) < 4.78 is 17.6. The van der Waals surface area contributed by atoms with E-state index < -0.39 is 0 Å². The molecule has 0 unspecified atom stereocenters. The van der Waals surface area contributed by atoms with Crippen LogP contribution in [0.3, 0.4) is 0 Å². The van der Waals surface area contributed by atoms with Crippen LogP contribution in [0.25, 0.3) is 0 Å². The molecule has 31 heavy (non-hydrogen) atoms. The van der Waals surface area contributed by atoms with E-state index in [0.717, 1.165) is 11.3 Å². The lowest BCUT2D eigenvalue weighted by atomic mass is 10.0. The number of hydrogen-bond donors (Lipinski definition) is 1. The molecule has 1 aromatic carbocycles. The summed E-state index contributed by atoms with van der Waals surface area (Å²) in [6, 6.07) is 4.96. The number of benzene rings is 1. The smallest absolute Gasteiger partial charge is 0.322 e. The topological polar surface area (TPSA) is 98.2 Å². The van der Waals surface area contributed by atoms with Gasteiger partial charge in [-0.1, -0.05) is 0 Å². The summed E-state index contributed by atoms with van der Waals surface area (Å²) in [6.07, 6.45) is 0.634. The number of nitrogens with zero attached hydrogens (tertiary/aromatic N) is 4. The SMILES string of the molecule is COc1ccc(NC(=O)N2CCc3c(c(C(=O)N4CCOCC4)nn3C)C2)cc1OC. The first-order valence-corrected chi connectivity index (χ1v) is 10.2. The molecule has 3 heterocycles. The van der Waals surface area contributed by atoms with Gasteiger partial charge < -0.3 is 29.3 Å². The van der Waals surface area contributed by atoms with Gasteiger partial charge in [-0.2, -0.15) is 5.10 Å². The molecule has 2 aliphatic rings. The van der Waals surface area contributed by atoms with Gasteiger partial charge in [-0.05, 0) is 12.1 Å². The maximum atomic E-state index is 13.0. The Morgan fingerprint density at radius 2 is 1.81 bits per heavy atom. The molecule has 10 nitrogen and oxygen atoms in total. The number of ether oxygens (including phenoxy) is 3. The molecule has 10 heteroatoms. The van der Waals surface area contributed by atoms with Crippen molar-refractivity contribution >= 4 is 17.6 Å². The van der Waals surface area contributed by atoms with Crippen LogP contribution in [0.15, 0.2) is 18.2 Å². The van der Waals surface area contributed by atoms with Gasteiger partial charge in [0.2, 0.25) is 0 Å². The molecular formula is C21H27N5O5. The number of amides is 3. The van der Waals surface area contributed by atoms with Crippen molar-refractivity contribution in [2.24, 2.45) is 7.05 Å². The quantitative estimate of drug-likeness (QED) is 0.791. The fourth-order valence-electron chi connectivity index (χ4n) is 3.97. The summed E-state index contributed by atoms with van der Waals surface area (Å²) in [6.45, 7) is 3.02. The zero-order valence-electron chi connectivity index (χ0n) is 18.0. The second-order valence-electron chi connectivity index (χ2n) is 7.47. The van der Waals surface area contributed by atoms with Crippen molar-refractivity contribution in [2.45, 2.75) is 13.0 Å². The van der Waals surface area contributed by atoms with Crippen molar-refractivity contribution in [3.63, 3.8) is 0 Å². The lowest BCUT2D eigenvalue weighted by Crippen LogP contribution is -2.42. The van der Waals surface area contributed by atoms with Crippen molar-refractivity contribution in [2.75, 3.05) is 52.4 Å². The van der Waals surface area contributed by atoms with Crippen LogP contribution in [0.2, 0.25) is 0 Å². The summed E-state index contributed by atoms with van der Waals surface area (Å²) in [5, 5.41) is 7.38. The van der Waals surface area contributed by atoms with Crippen molar-refractivity contribution in [3.8, 4) is 11.5 Å². The zero-order valence-corrected chi connectivity index (χ0v) is 18.0. The van der Waals surface area contributed by atoms with Crippen LogP contribution in [-0.4, -0.2) is 78.6 Å². The molecule has 0 saturated carbocycles. The van der Waals surface area contributed by atoms with E-state index in [1.165, 1.54) is 0 Å². The minimum Gasteiger partial charge on any atom is -0.493 e. The normalized spacial score (nSPS) is 16.0. The van der Waals surface area contributed by atoms with E-state index in [-0.39, 0.29) is 11.9 Å². The Hall–Kier alpha value is -3.27. The van der Waals surface area contributed by atoms with Gasteiger partial charge in [0.05, 0.1) is 34.0 Å². The number of hydrogen-bond acceptors (Lipinski definition) is 6. The van der Waals surface area contributed by atoms with Crippen molar-refractivity contribution in [1.82, 2.24) is 19.6 Å². The van der Waals surface area contributed by atoms with Crippen molar-refractivity contribution in [3.05, 3.63) is 35.2 Å². The molecule has 3 amide bonds. The van der Waals surface area contributed by atoms with Crippen molar-refractivity contribution in [1.29, 1.82) is 0 Å². The van der Waals surface area contributed by atoms with Gasteiger partial charge in [-0.25, -0.2) is 4.79 Å². The highest BCUT2D eigenvalue weighted by Gasteiger charge is 2.31. The number of nitrogens with one attached hydrogen (secondary N) is 1. The largest absolute Gasteiger partial charge is 0.493 e. The molecule has 1 N–H and O–H groups in total. The van der Waals surface area contributed by atoms with Crippen molar-refractivity contribution < 1.29 is 23.8 Å². The summed E-state index contributed by atoms with van der Waals surface area (Å²) >= 11 is 0. The predicted octanol–water partition coefficient (Wildman–Crippen LogP) is 1.50. The van der Waals surface area contributed by atoms with Crippen LogP contribution in [0.4, 0.5) is 10.5 Å². The number of methoxy groups -OCH3 is 2. The third kappa shape index (κ3) is 4.15. The number of anilines is 1. The molecule has 2 aromatic rings. The number of carbonyl (C=O) groups excluding carboxylic acids is 2. The van der Waals surface area contributed by atoms with Crippen LogP contribution in [0.5, 0.6) is 11.5 Å². The van der Waals surface area contributed by atoms with E-state index in [4.69, 9.17) is 14.2 Å². The van der Waals surface area contributed by atoms with Gasteiger partial charge in [0.25, 0.3) is 5.91 Å². The highest BCUT2D eigenvalue weighted by molar-refractivity contribution is 5.95. The molecule has 2 aliphatic heterocycles. The molecule has 1 fully saturated rings. The molecule has 166 valence electrons. The third-order valence-corrected chi connectivity index (χ3v) is 5.67. The van der Waals surface area contributed by atoms with E-state index >= 15 is 0 Å². The summed E-state index contributed by atoms with van der Waals surface area (Å²) in [5.41, 5.74) is 2.83. The molecule has 1 aromatic heterocycles. The Labute approximate surface area is 180 Å². The maximum Gasteiger partial charge on any atom is 0.322 e. The Morgan fingerprint density at radius 3 is 2.52 bits per heavy atom. The van der Waals surface area contributed by atoms with E-state index in [2.05, 4.69) is 10.4 Å². The van der Waals surface area contributed by atoms with E-state index in [1.807, 2.05) is 7.05 Å². The lowest BCUT2D eigenvalue weighted by molar-refractivity contribution is 0.0297. The van der Waals surface area contributed by atoms with Crippen LogP contribution in [0.1, 0.15) is 21.7 Å². The summed E-state index contributed by atoms with van der Waals surface area (Å²) in [4.78, 5) is 29.4. The number of rotatable bonds is 4. The Kier molecular flexibility index (Phi) is 5.99. The molecule has 1 saturated heterocycles. The number of fused-ring (bicyclic) bond motifs is 1. The molecule has 0 aliphatic carbocycles. The molecule has 4 rings (SSSR count). The maximum absolute atomic E-state index is 13.0. The standard InChI is InChI=1S/C21H27N5O5/c1-24-16-6-7-26(21(28)22-14-4-5-17(29-2)18(12-14)30-3)13-15(16)19(23-24)20(27)25-8-10-31-11-9-25/h4-5,12H,6-11,13H2,1-3H3,(H,22,28). The van der Waals surface area contributed by atoms with Crippen LogP contribution < -0.4 is 14.8 Å². The van der Waals surface area contributed by atoms with Gasteiger partial charge in [0.1, 0.15) is 0 Å². The number of carbonyl (C=O) groups is 2. The Morgan fingerprint density at radius 1 is 1.06 bits per heavy atom. The molecule has 0 atom stereocenters. The van der Waals surface area contributed by atoms with Gasteiger partial charge in [-0.3, -0.25) is 9.48 Å². The highest BCUT2D eigenvalue weighted by atomic mass is 16.5.